The highest BCUT2D eigenvalue weighted by atomic mass is 16.5. The number of nitrogens with zero attached hydrogens (tertiary/aromatic N) is 2. The number of carbonyl (C=O) groups excluding carboxylic acids is 3. The van der Waals surface area contributed by atoms with Crippen LogP contribution in [0.4, 0.5) is 0 Å². The van der Waals surface area contributed by atoms with E-state index in [0.717, 1.165) is 19.3 Å². The predicted octanol–water partition coefficient (Wildman–Crippen LogP) is 2.06. The summed E-state index contributed by atoms with van der Waals surface area (Å²) >= 11 is 0. The first-order valence-corrected chi connectivity index (χ1v) is 10.5. The maximum absolute atomic E-state index is 13.1. The Morgan fingerprint density at radius 1 is 1.14 bits per heavy atom. The molecule has 7 nitrogen and oxygen atoms in total. The van der Waals surface area contributed by atoms with E-state index in [4.69, 9.17) is 4.74 Å². The van der Waals surface area contributed by atoms with Crippen LogP contribution in [-0.2, 0) is 9.59 Å². The van der Waals surface area contributed by atoms with Crippen LogP contribution in [0.5, 0.6) is 5.75 Å². The average Bonchev–Trinajstić information content (AvgIpc) is 2.99. The van der Waals surface area contributed by atoms with Gasteiger partial charge in [0.05, 0.1) is 13.0 Å². The largest absolute Gasteiger partial charge is 0.497 e. The maximum Gasteiger partial charge on any atom is 0.251 e. The summed E-state index contributed by atoms with van der Waals surface area (Å²) < 4.78 is 5.14. The predicted molar refractivity (Wildman–Crippen MR) is 110 cm³/mol. The molecule has 0 saturated carbocycles. The third kappa shape index (κ3) is 5.28. The van der Waals surface area contributed by atoms with Crippen LogP contribution in [-0.4, -0.2) is 66.9 Å². The number of carbonyl (C=O) groups is 3. The first-order valence-electron chi connectivity index (χ1n) is 10.5. The molecule has 158 valence electrons. The molecular weight excluding hydrogens is 370 g/mol. The van der Waals surface area contributed by atoms with Crippen LogP contribution in [0.15, 0.2) is 24.3 Å². The SMILES string of the molecule is CCN1CC(C(=O)N2CCCC[C@H](NC(=O)c3ccc(OC)cc3)C2)CCC1=O. The lowest BCUT2D eigenvalue weighted by Gasteiger charge is -2.35. The van der Waals surface area contributed by atoms with Gasteiger partial charge in [-0.25, -0.2) is 0 Å². The van der Waals surface area contributed by atoms with Crippen LogP contribution < -0.4 is 10.1 Å². The van der Waals surface area contributed by atoms with Crippen LogP contribution in [0, 0.1) is 5.92 Å². The Kier molecular flexibility index (Phi) is 7.12. The monoisotopic (exact) mass is 401 g/mol. The summed E-state index contributed by atoms with van der Waals surface area (Å²) in [5.41, 5.74) is 0.581. The fourth-order valence-electron chi connectivity index (χ4n) is 4.15. The maximum atomic E-state index is 13.1. The highest BCUT2D eigenvalue weighted by Gasteiger charge is 2.33. The number of methoxy groups -OCH3 is 1. The molecule has 0 spiro atoms. The minimum Gasteiger partial charge on any atom is -0.497 e. The number of likely N-dealkylation sites (tertiary alicyclic amines) is 2. The van der Waals surface area contributed by atoms with Crippen LogP contribution in [0.1, 0.15) is 49.4 Å². The van der Waals surface area contributed by atoms with Crippen LogP contribution in [0.2, 0.25) is 0 Å². The van der Waals surface area contributed by atoms with E-state index in [0.29, 0.717) is 50.3 Å². The quantitative estimate of drug-likeness (QED) is 0.819. The smallest absolute Gasteiger partial charge is 0.251 e. The number of hydrogen-bond donors (Lipinski definition) is 1. The average molecular weight is 402 g/mol. The van der Waals surface area contributed by atoms with Crippen molar-refractivity contribution in [2.45, 2.75) is 45.1 Å². The molecule has 2 atom stereocenters. The van der Waals surface area contributed by atoms with Crippen molar-refractivity contribution < 1.29 is 19.1 Å². The van der Waals surface area contributed by atoms with Crippen molar-refractivity contribution in [3.05, 3.63) is 29.8 Å². The molecule has 2 fully saturated rings. The van der Waals surface area contributed by atoms with Crippen molar-refractivity contribution in [1.29, 1.82) is 0 Å². The van der Waals surface area contributed by atoms with E-state index >= 15 is 0 Å². The lowest BCUT2D eigenvalue weighted by Crippen LogP contribution is -2.50. The summed E-state index contributed by atoms with van der Waals surface area (Å²) in [6.45, 7) is 4.33. The molecule has 1 unspecified atom stereocenters. The van der Waals surface area contributed by atoms with Gasteiger partial charge in [0.1, 0.15) is 5.75 Å². The second kappa shape index (κ2) is 9.76. The van der Waals surface area contributed by atoms with Gasteiger partial charge in [-0.2, -0.15) is 0 Å². The molecule has 1 aromatic rings. The summed E-state index contributed by atoms with van der Waals surface area (Å²) in [7, 11) is 1.59. The Labute approximate surface area is 172 Å². The minimum absolute atomic E-state index is 0.0662. The number of ether oxygens (including phenoxy) is 1. The number of amides is 3. The molecule has 7 heteroatoms. The highest BCUT2D eigenvalue weighted by molar-refractivity contribution is 5.94. The number of rotatable bonds is 5. The van der Waals surface area contributed by atoms with Gasteiger partial charge in [-0.15, -0.1) is 0 Å². The zero-order valence-electron chi connectivity index (χ0n) is 17.4. The Morgan fingerprint density at radius 2 is 1.90 bits per heavy atom. The standard InChI is InChI=1S/C22H31N3O4/c1-3-24-14-17(9-12-20(24)26)22(28)25-13-5-4-6-18(15-25)23-21(27)16-7-10-19(29-2)11-8-16/h7-8,10-11,17-18H,3-6,9,12-15H2,1-2H3,(H,23,27)/t17?,18-/m0/s1. The van der Waals surface area contributed by atoms with Gasteiger partial charge in [-0.3, -0.25) is 14.4 Å². The summed E-state index contributed by atoms with van der Waals surface area (Å²) in [6, 6.07) is 6.95. The van der Waals surface area contributed by atoms with Gasteiger partial charge in [0.2, 0.25) is 11.8 Å². The first-order chi connectivity index (χ1) is 14.0. The van der Waals surface area contributed by atoms with E-state index in [1.54, 1.807) is 36.3 Å². The van der Waals surface area contributed by atoms with Gasteiger partial charge in [0, 0.05) is 44.2 Å². The van der Waals surface area contributed by atoms with Crippen LogP contribution in [0.25, 0.3) is 0 Å². The zero-order chi connectivity index (χ0) is 20.8. The van der Waals surface area contributed by atoms with Crippen molar-refractivity contribution in [2.24, 2.45) is 5.92 Å². The number of hydrogen-bond acceptors (Lipinski definition) is 4. The molecule has 0 aliphatic carbocycles. The van der Waals surface area contributed by atoms with E-state index < -0.39 is 0 Å². The molecule has 29 heavy (non-hydrogen) atoms. The van der Waals surface area contributed by atoms with Crippen molar-refractivity contribution >= 4 is 17.7 Å². The molecule has 1 aromatic carbocycles. The molecule has 0 bridgehead atoms. The van der Waals surface area contributed by atoms with E-state index in [2.05, 4.69) is 5.32 Å². The van der Waals surface area contributed by atoms with Crippen LogP contribution >= 0.6 is 0 Å². The van der Waals surface area contributed by atoms with Gasteiger partial charge in [-0.05, 0) is 56.9 Å². The Morgan fingerprint density at radius 3 is 2.59 bits per heavy atom. The molecule has 2 heterocycles. The molecule has 2 aliphatic heterocycles. The van der Waals surface area contributed by atoms with E-state index in [1.165, 1.54) is 0 Å². The third-order valence-corrected chi connectivity index (χ3v) is 5.90. The summed E-state index contributed by atoms with van der Waals surface area (Å²) in [6.07, 6.45) is 3.82. The molecule has 3 rings (SSSR count). The number of nitrogens with one attached hydrogen (secondary N) is 1. The lowest BCUT2D eigenvalue weighted by atomic mass is 9.95. The second-order valence-corrected chi connectivity index (χ2v) is 7.85. The zero-order valence-corrected chi connectivity index (χ0v) is 17.4. The molecule has 2 saturated heterocycles. The normalized spacial score (nSPS) is 22.8. The van der Waals surface area contributed by atoms with Gasteiger partial charge in [-0.1, -0.05) is 0 Å². The molecule has 3 amide bonds. The number of piperidine rings is 1. The molecule has 1 N–H and O–H groups in total. The Balaban J connectivity index is 1.60. The van der Waals surface area contributed by atoms with Crippen LogP contribution in [0.3, 0.4) is 0 Å². The van der Waals surface area contributed by atoms with E-state index in [-0.39, 0.29) is 29.7 Å². The van der Waals surface area contributed by atoms with E-state index in [9.17, 15) is 14.4 Å². The molecule has 2 aliphatic rings. The Bertz CT molecular complexity index is 734. The second-order valence-electron chi connectivity index (χ2n) is 7.85. The fourth-order valence-corrected chi connectivity index (χ4v) is 4.15. The lowest BCUT2D eigenvalue weighted by molar-refractivity contribution is -0.143. The topological polar surface area (TPSA) is 79.0 Å². The van der Waals surface area contributed by atoms with Gasteiger partial charge < -0.3 is 19.9 Å². The number of benzene rings is 1. The third-order valence-electron chi connectivity index (χ3n) is 5.90. The summed E-state index contributed by atoms with van der Waals surface area (Å²) in [5.74, 6) is 0.689. The van der Waals surface area contributed by atoms with Gasteiger partial charge in [0.15, 0.2) is 0 Å². The molecule has 0 radical (unpaired) electrons. The van der Waals surface area contributed by atoms with Crippen molar-refractivity contribution in [1.82, 2.24) is 15.1 Å². The highest BCUT2D eigenvalue weighted by Crippen LogP contribution is 2.22. The van der Waals surface area contributed by atoms with Gasteiger partial charge in [0.25, 0.3) is 5.91 Å². The molecule has 0 aromatic heterocycles. The van der Waals surface area contributed by atoms with Crippen molar-refractivity contribution in [2.75, 3.05) is 33.3 Å². The fraction of sp³-hybridized carbons (Fsp3) is 0.591. The van der Waals surface area contributed by atoms with E-state index in [1.807, 2.05) is 11.8 Å². The van der Waals surface area contributed by atoms with Crippen molar-refractivity contribution in [3.8, 4) is 5.75 Å². The Hall–Kier alpha value is -2.57. The minimum atomic E-state index is -0.135. The van der Waals surface area contributed by atoms with Gasteiger partial charge >= 0.3 is 0 Å². The van der Waals surface area contributed by atoms with Crippen molar-refractivity contribution in [3.63, 3.8) is 0 Å². The molecular formula is C22H31N3O4. The first kappa shape index (κ1) is 21.1. The summed E-state index contributed by atoms with van der Waals surface area (Å²) in [4.78, 5) is 41.3. The summed E-state index contributed by atoms with van der Waals surface area (Å²) in [5, 5.41) is 3.09.